The van der Waals surface area contributed by atoms with Crippen molar-refractivity contribution in [2.24, 2.45) is 16.1 Å². The molecule has 0 saturated heterocycles. The summed E-state index contributed by atoms with van der Waals surface area (Å²) in [6.45, 7) is 4.11. The summed E-state index contributed by atoms with van der Waals surface area (Å²) in [6.07, 6.45) is -3.37. The molecular weight excluding hydrogens is 438 g/mol. The van der Waals surface area contributed by atoms with Crippen molar-refractivity contribution in [2.45, 2.75) is 33.1 Å². The average Bonchev–Trinajstić information content (AvgIpc) is 2.50. The molecule has 0 unspecified atom stereocenters. The first kappa shape index (κ1) is 22.8. The van der Waals surface area contributed by atoms with Crippen LogP contribution in [0.15, 0.2) is 29.3 Å². The monoisotopic (exact) mass is 461 g/mol. The number of aliphatic imine (C=N–C) groups is 1. The summed E-state index contributed by atoms with van der Waals surface area (Å²) in [4.78, 5) is 4.13. The summed E-state index contributed by atoms with van der Waals surface area (Å²) in [5, 5.41) is 12.1. The van der Waals surface area contributed by atoms with Crippen LogP contribution < -0.4 is 15.8 Å². The number of alkyl halides is 3. The van der Waals surface area contributed by atoms with Crippen molar-refractivity contribution in [2.75, 3.05) is 18.5 Å². The van der Waals surface area contributed by atoms with Crippen LogP contribution in [0.25, 0.3) is 0 Å². The molecule has 0 aliphatic rings. The minimum Gasteiger partial charge on any atom is -0.404 e. The topological polar surface area (TPSA) is 79.9 Å². The third-order valence-electron chi connectivity index (χ3n) is 3.80. The number of hydrogen-bond acceptors (Lipinski definition) is 3. The van der Waals surface area contributed by atoms with Crippen LogP contribution in [0.3, 0.4) is 0 Å². The number of ether oxygens (including phenoxy) is 1. The number of aliphatic hydroxyl groups is 1. The van der Waals surface area contributed by atoms with Crippen LogP contribution in [0.4, 0.5) is 18.9 Å². The molecule has 0 spiro atoms. The number of halogens is 4. The molecule has 0 aliphatic heterocycles. The van der Waals surface area contributed by atoms with Crippen molar-refractivity contribution in [3.8, 4) is 5.75 Å². The molecule has 1 rings (SSSR count). The molecule has 138 valence electrons. The molecule has 0 heterocycles. The lowest BCUT2D eigenvalue weighted by Crippen LogP contribution is -2.31. The van der Waals surface area contributed by atoms with E-state index in [1.807, 2.05) is 13.8 Å². The summed E-state index contributed by atoms with van der Waals surface area (Å²) >= 11 is 0. The van der Waals surface area contributed by atoms with Gasteiger partial charge in [0.25, 0.3) is 0 Å². The molecule has 0 radical (unpaired) electrons. The highest BCUT2D eigenvalue weighted by molar-refractivity contribution is 14.0. The maximum atomic E-state index is 12.4. The Labute approximate surface area is 156 Å². The Hall–Kier alpha value is -1.23. The van der Waals surface area contributed by atoms with Crippen molar-refractivity contribution in [3.63, 3.8) is 0 Å². The molecule has 0 atom stereocenters. The van der Waals surface area contributed by atoms with E-state index in [1.54, 1.807) is 6.07 Å². The molecule has 0 bridgehead atoms. The Bertz CT molecular complexity index is 527. The van der Waals surface area contributed by atoms with E-state index in [-0.39, 0.29) is 54.2 Å². The summed E-state index contributed by atoms with van der Waals surface area (Å²) in [6, 6.07) is 5.56. The van der Waals surface area contributed by atoms with Gasteiger partial charge in [0, 0.05) is 5.41 Å². The van der Waals surface area contributed by atoms with Gasteiger partial charge in [-0.25, -0.2) is 0 Å². The Morgan fingerprint density at radius 3 is 2.33 bits per heavy atom. The molecule has 1 aromatic carbocycles. The first-order valence-corrected chi connectivity index (χ1v) is 7.28. The molecule has 0 fully saturated rings. The van der Waals surface area contributed by atoms with Gasteiger partial charge in [-0.05, 0) is 25.0 Å². The van der Waals surface area contributed by atoms with Gasteiger partial charge in [-0.3, -0.25) is 4.99 Å². The molecule has 0 amide bonds. The number of nitrogens with zero attached hydrogens (tertiary/aromatic N) is 1. The third-order valence-corrected chi connectivity index (χ3v) is 3.80. The number of rotatable bonds is 7. The first-order valence-electron chi connectivity index (χ1n) is 7.28. The zero-order valence-corrected chi connectivity index (χ0v) is 15.9. The first-order chi connectivity index (χ1) is 10.7. The van der Waals surface area contributed by atoms with Crippen molar-refractivity contribution in [3.05, 3.63) is 24.3 Å². The van der Waals surface area contributed by atoms with E-state index in [0.717, 1.165) is 0 Å². The van der Waals surface area contributed by atoms with Crippen LogP contribution in [-0.2, 0) is 0 Å². The number of nitrogens with one attached hydrogen (secondary N) is 1. The number of guanidine groups is 1. The third kappa shape index (κ3) is 7.12. The lowest BCUT2D eigenvalue weighted by atomic mass is 9.83. The lowest BCUT2D eigenvalue weighted by Gasteiger charge is -2.27. The molecular formula is C15H23F3IN3O2. The highest BCUT2D eigenvalue weighted by Gasteiger charge is 2.32. The number of benzene rings is 1. The van der Waals surface area contributed by atoms with Crippen molar-refractivity contribution in [1.82, 2.24) is 0 Å². The van der Waals surface area contributed by atoms with E-state index in [4.69, 9.17) is 5.73 Å². The van der Waals surface area contributed by atoms with E-state index >= 15 is 0 Å². The molecule has 9 heteroatoms. The number of nitrogens with two attached hydrogens (primary N) is 1. The van der Waals surface area contributed by atoms with Gasteiger partial charge in [0.2, 0.25) is 0 Å². The second-order valence-electron chi connectivity index (χ2n) is 5.24. The minimum atomic E-state index is -4.79. The largest absolute Gasteiger partial charge is 0.573 e. The molecule has 4 N–H and O–H groups in total. The van der Waals surface area contributed by atoms with Crippen molar-refractivity contribution < 1.29 is 23.0 Å². The van der Waals surface area contributed by atoms with E-state index < -0.39 is 12.1 Å². The Kier molecular flexibility index (Phi) is 9.41. The Balaban J connectivity index is 0.00000529. The second-order valence-corrected chi connectivity index (χ2v) is 5.24. The summed E-state index contributed by atoms with van der Waals surface area (Å²) < 4.78 is 41.0. The molecule has 0 aliphatic carbocycles. The maximum absolute atomic E-state index is 12.4. The Morgan fingerprint density at radius 2 is 1.83 bits per heavy atom. The quantitative estimate of drug-likeness (QED) is 0.329. The van der Waals surface area contributed by atoms with Crippen LogP contribution in [0, 0.1) is 5.41 Å². The standard InChI is InChI=1S/C15H22F3N3O2.HI/c1-3-14(4-2,10-22)9-20-13(19)21-11-7-5-6-8-12(11)23-15(16,17)18;/h5-8,22H,3-4,9-10H2,1-2H3,(H3,19,20,21);1H. The minimum absolute atomic E-state index is 0. The van der Waals surface area contributed by atoms with Gasteiger partial charge in [-0.15, -0.1) is 37.1 Å². The van der Waals surface area contributed by atoms with Crippen LogP contribution in [0.5, 0.6) is 5.75 Å². The molecule has 0 aromatic heterocycles. The lowest BCUT2D eigenvalue weighted by molar-refractivity contribution is -0.274. The fraction of sp³-hybridized carbons (Fsp3) is 0.533. The zero-order valence-electron chi connectivity index (χ0n) is 13.6. The van der Waals surface area contributed by atoms with Crippen LogP contribution in [-0.4, -0.2) is 30.6 Å². The average molecular weight is 461 g/mol. The number of anilines is 1. The van der Waals surface area contributed by atoms with Crippen LogP contribution in [0.1, 0.15) is 26.7 Å². The zero-order chi connectivity index (χ0) is 17.5. The second kappa shape index (κ2) is 9.92. The van der Waals surface area contributed by atoms with Crippen LogP contribution >= 0.6 is 24.0 Å². The SMILES string of the molecule is CCC(CC)(CO)CN=C(N)Nc1ccccc1OC(F)(F)F.I. The van der Waals surface area contributed by atoms with E-state index in [2.05, 4.69) is 15.0 Å². The van der Waals surface area contributed by atoms with Gasteiger partial charge in [-0.1, -0.05) is 26.0 Å². The normalized spacial score (nSPS) is 12.5. The number of hydrogen-bond donors (Lipinski definition) is 3. The van der Waals surface area contributed by atoms with Crippen LogP contribution in [0.2, 0.25) is 0 Å². The predicted molar refractivity (Wildman–Crippen MR) is 98.8 cm³/mol. The van der Waals surface area contributed by atoms with Crippen molar-refractivity contribution in [1.29, 1.82) is 0 Å². The molecule has 5 nitrogen and oxygen atoms in total. The van der Waals surface area contributed by atoms with E-state index in [9.17, 15) is 18.3 Å². The van der Waals surface area contributed by atoms with Gasteiger partial charge < -0.3 is 20.9 Å². The van der Waals surface area contributed by atoms with Gasteiger partial charge in [-0.2, -0.15) is 0 Å². The summed E-state index contributed by atoms with van der Waals surface area (Å²) in [5.41, 5.74) is 5.41. The van der Waals surface area contributed by atoms with Gasteiger partial charge >= 0.3 is 6.36 Å². The maximum Gasteiger partial charge on any atom is 0.573 e. The number of aliphatic hydroxyl groups excluding tert-OH is 1. The molecule has 24 heavy (non-hydrogen) atoms. The van der Waals surface area contributed by atoms with E-state index in [0.29, 0.717) is 12.8 Å². The number of para-hydroxylation sites is 2. The van der Waals surface area contributed by atoms with Gasteiger partial charge in [0.1, 0.15) is 0 Å². The fourth-order valence-electron chi connectivity index (χ4n) is 1.96. The van der Waals surface area contributed by atoms with E-state index in [1.165, 1.54) is 18.2 Å². The smallest absolute Gasteiger partial charge is 0.404 e. The van der Waals surface area contributed by atoms with Crippen molar-refractivity contribution >= 4 is 35.6 Å². The highest BCUT2D eigenvalue weighted by Crippen LogP contribution is 2.30. The Morgan fingerprint density at radius 1 is 1.25 bits per heavy atom. The fourth-order valence-corrected chi connectivity index (χ4v) is 1.96. The van der Waals surface area contributed by atoms with Gasteiger partial charge in [0.05, 0.1) is 18.8 Å². The molecule has 1 aromatic rings. The summed E-state index contributed by atoms with van der Waals surface area (Å²) in [5.74, 6) is -0.430. The highest BCUT2D eigenvalue weighted by atomic mass is 127. The summed E-state index contributed by atoms with van der Waals surface area (Å²) in [7, 11) is 0. The van der Waals surface area contributed by atoms with Gasteiger partial charge in [0.15, 0.2) is 11.7 Å². The molecule has 0 saturated carbocycles. The predicted octanol–water partition coefficient (Wildman–Crippen LogP) is 3.73.